The molecule has 2 atom stereocenters. The molecule has 1 aliphatic rings. The van der Waals surface area contributed by atoms with E-state index in [1.165, 1.54) is 6.07 Å². The summed E-state index contributed by atoms with van der Waals surface area (Å²) in [6.45, 7) is 4.05. The second-order valence-corrected chi connectivity index (χ2v) is 7.75. The van der Waals surface area contributed by atoms with Crippen LogP contribution in [0.15, 0.2) is 40.9 Å². The maximum atomic E-state index is 14.1. The molecule has 26 heavy (non-hydrogen) atoms. The molecular weight excluding hydrogens is 401 g/mol. The first-order chi connectivity index (χ1) is 12.4. The predicted octanol–water partition coefficient (Wildman–Crippen LogP) is 5.07. The summed E-state index contributed by atoms with van der Waals surface area (Å²) in [7, 11) is 3.51. The SMILES string of the molecule is CNc1ccc2c(c1)C(OC)C(OCc1ccc(Br)cc1F)C(C)(C)O2. The van der Waals surface area contributed by atoms with Crippen LogP contribution >= 0.6 is 15.9 Å². The number of rotatable bonds is 5. The maximum Gasteiger partial charge on any atom is 0.132 e. The van der Waals surface area contributed by atoms with E-state index in [0.29, 0.717) is 10.0 Å². The van der Waals surface area contributed by atoms with Gasteiger partial charge >= 0.3 is 0 Å². The first kappa shape index (κ1) is 19.1. The molecule has 0 aromatic heterocycles. The van der Waals surface area contributed by atoms with Crippen LogP contribution in [0.1, 0.15) is 31.1 Å². The molecule has 1 heterocycles. The van der Waals surface area contributed by atoms with Crippen LogP contribution in [0.4, 0.5) is 10.1 Å². The molecule has 2 aromatic carbocycles. The number of anilines is 1. The van der Waals surface area contributed by atoms with Crippen molar-refractivity contribution in [2.45, 2.75) is 38.3 Å². The molecule has 1 aliphatic heterocycles. The summed E-state index contributed by atoms with van der Waals surface area (Å²) in [6.07, 6.45) is -0.712. The standard InChI is InChI=1S/C20H23BrFNO3/c1-20(2)19(25-11-12-5-6-13(21)9-16(12)22)18(24-4)15-10-14(23-3)7-8-17(15)26-20/h5-10,18-19,23H,11H2,1-4H3. The molecule has 2 unspecified atom stereocenters. The zero-order valence-corrected chi connectivity index (χ0v) is 16.9. The van der Waals surface area contributed by atoms with Crippen molar-refractivity contribution in [3.63, 3.8) is 0 Å². The Morgan fingerprint density at radius 3 is 2.65 bits per heavy atom. The summed E-state index contributed by atoms with van der Waals surface area (Å²) in [5.41, 5.74) is 1.75. The van der Waals surface area contributed by atoms with E-state index < -0.39 is 11.7 Å². The maximum absolute atomic E-state index is 14.1. The van der Waals surface area contributed by atoms with Crippen molar-refractivity contribution < 1.29 is 18.6 Å². The fourth-order valence-electron chi connectivity index (χ4n) is 3.25. The van der Waals surface area contributed by atoms with Gasteiger partial charge < -0.3 is 19.5 Å². The van der Waals surface area contributed by atoms with Crippen LogP contribution in [0.5, 0.6) is 5.75 Å². The molecule has 1 N–H and O–H groups in total. The minimum atomic E-state index is -0.624. The third-order valence-corrected chi connectivity index (χ3v) is 5.12. The van der Waals surface area contributed by atoms with E-state index in [-0.39, 0.29) is 18.5 Å². The third kappa shape index (κ3) is 3.72. The summed E-state index contributed by atoms with van der Waals surface area (Å²) < 4.78 is 32.9. The first-order valence-electron chi connectivity index (χ1n) is 8.44. The molecule has 0 spiro atoms. The van der Waals surface area contributed by atoms with Gasteiger partial charge in [0.15, 0.2) is 0 Å². The van der Waals surface area contributed by atoms with Crippen molar-refractivity contribution in [3.05, 3.63) is 57.8 Å². The fraction of sp³-hybridized carbons (Fsp3) is 0.400. The molecule has 0 saturated carbocycles. The van der Waals surface area contributed by atoms with Crippen molar-refractivity contribution in [2.24, 2.45) is 0 Å². The Morgan fingerprint density at radius 1 is 1.23 bits per heavy atom. The molecule has 140 valence electrons. The van der Waals surface area contributed by atoms with Gasteiger partial charge in [0.25, 0.3) is 0 Å². The number of nitrogens with one attached hydrogen (secondary N) is 1. The summed E-state index contributed by atoms with van der Waals surface area (Å²) in [5.74, 6) is 0.469. The van der Waals surface area contributed by atoms with Gasteiger partial charge in [0.2, 0.25) is 0 Å². The van der Waals surface area contributed by atoms with Gasteiger partial charge in [-0.05, 0) is 44.2 Å². The van der Waals surface area contributed by atoms with Gasteiger partial charge in [-0.3, -0.25) is 0 Å². The zero-order valence-electron chi connectivity index (χ0n) is 15.3. The van der Waals surface area contributed by atoms with E-state index in [2.05, 4.69) is 21.2 Å². The molecule has 0 bridgehead atoms. The number of benzene rings is 2. The van der Waals surface area contributed by atoms with Crippen molar-refractivity contribution in [3.8, 4) is 5.75 Å². The minimum Gasteiger partial charge on any atom is -0.485 e. The summed E-state index contributed by atoms with van der Waals surface area (Å²) >= 11 is 3.27. The highest BCUT2D eigenvalue weighted by molar-refractivity contribution is 9.10. The number of halogens is 2. The van der Waals surface area contributed by atoms with Crippen LogP contribution in [0.3, 0.4) is 0 Å². The molecule has 2 aromatic rings. The third-order valence-electron chi connectivity index (χ3n) is 4.63. The van der Waals surface area contributed by atoms with Crippen LogP contribution in [0, 0.1) is 5.82 Å². The Bertz CT molecular complexity index is 797. The van der Waals surface area contributed by atoms with E-state index in [1.54, 1.807) is 19.2 Å². The summed E-state index contributed by atoms with van der Waals surface area (Å²) in [5, 5.41) is 3.12. The normalized spacial score (nSPS) is 21.0. The lowest BCUT2D eigenvalue weighted by Crippen LogP contribution is -2.50. The van der Waals surface area contributed by atoms with Gasteiger partial charge in [0, 0.05) is 35.4 Å². The smallest absolute Gasteiger partial charge is 0.132 e. The highest BCUT2D eigenvalue weighted by Crippen LogP contribution is 2.44. The fourth-order valence-corrected chi connectivity index (χ4v) is 3.58. The molecule has 0 aliphatic carbocycles. The van der Waals surface area contributed by atoms with Gasteiger partial charge in [-0.2, -0.15) is 0 Å². The van der Waals surface area contributed by atoms with Crippen molar-refractivity contribution in [1.82, 2.24) is 0 Å². The van der Waals surface area contributed by atoms with Crippen molar-refractivity contribution in [2.75, 3.05) is 19.5 Å². The Hall–Kier alpha value is -1.63. The summed E-state index contributed by atoms with van der Waals surface area (Å²) in [4.78, 5) is 0. The topological polar surface area (TPSA) is 39.7 Å². The predicted molar refractivity (Wildman–Crippen MR) is 103 cm³/mol. The van der Waals surface area contributed by atoms with Crippen molar-refractivity contribution >= 4 is 21.6 Å². The average Bonchev–Trinajstić information content (AvgIpc) is 2.60. The largest absolute Gasteiger partial charge is 0.485 e. The molecule has 0 fully saturated rings. The number of hydrogen-bond donors (Lipinski definition) is 1. The van der Waals surface area contributed by atoms with E-state index in [4.69, 9.17) is 14.2 Å². The average molecular weight is 424 g/mol. The number of fused-ring (bicyclic) bond motifs is 1. The van der Waals surface area contributed by atoms with Crippen LogP contribution < -0.4 is 10.1 Å². The monoisotopic (exact) mass is 423 g/mol. The lowest BCUT2D eigenvalue weighted by molar-refractivity contribution is -0.159. The second-order valence-electron chi connectivity index (χ2n) is 6.83. The second kappa shape index (κ2) is 7.55. The Balaban J connectivity index is 1.88. The van der Waals surface area contributed by atoms with E-state index in [1.807, 2.05) is 39.1 Å². The molecule has 6 heteroatoms. The van der Waals surface area contributed by atoms with Crippen LogP contribution in [-0.4, -0.2) is 25.9 Å². The molecular formula is C20H23BrFNO3. The van der Waals surface area contributed by atoms with Crippen molar-refractivity contribution in [1.29, 1.82) is 0 Å². The Labute approximate surface area is 161 Å². The first-order valence-corrected chi connectivity index (χ1v) is 9.24. The van der Waals surface area contributed by atoms with Gasteiger partial charge in [0.05, 0.1) is 6.61 Å². The van der Waals surface area contributed by atoms with Gasteiger partial charge in [0.1, 0.15) is 29.4 Å². The Kier molecular flexibility index (Phi) is 5.55. The van der Waals surface area contributed by atoms with Crippen LogP contribution in [0.2, 0.25) is 0 Å². The van der Waals surface area contributed by atoms with E-state index in [9.17, 15) is 4.39 Å². The highest BCUT2D eigenvalue weighted by atomic mass is 79.9. The zero-order chi connectivity index (χ0) is 18.9. The van der Waals surface area contributed by atoms with Gasteiger partial charge in [-0.1, -0.05) is 22.0 Å². The number of methoxy groups -OCH3 is 1. The Morgan fingerprint density at radius 2 is 2.00 bits per heavy atom. The lowest BCUT2D eigenvalue weighted by atomic mass is 9.88. The molecule has 3 rings (SSSR count). The van der Waals surface area contributed by atoms with Crippen LogP contribution in [-0.2, 0) is 16.1 Å². The van der Waals surface area contributed by atoms with E-state index in [0.717, 1.165) is 17.0 Å². The quantitative estimate of drug-likeness (QED) is 0.728. The highest BCUT2D eigenvalue weighted by Gasteiger charge is 2.45. The summed E-state index contributed by atoms with van der Waals surface area (Å²) in [6, 6.07) is 10.8. The molecule has 0 amide bonds. The molecule has 0 saturated heterocycles. The molecule has 4 nitrogen and oxygen atoms in total. The number of ether oxygens (including phenoxy) is 3. The minimum absolute atomic E-state index is 0.136. The van der Waals surface area contributed by atoms with Gasteiger partial charge in [-0.25, -0.2) is 4.39 Å². The van der Waals surface area contributed by atoms with E-state index >= 15 is 0 Å². The van der Waals surface area contributed by atoms with Crippen LogP contribution in [0.25, 0.3) is 0 Å². The lowest BCUT2D eigenvalue weighted by Gasteiger charge is -2.44. The molecule has 0 radical (unpaired) electrons. The van der Waals surface area contributed by atoms with Gasteiger partial charge in [-0.15, -0.1) is 0 Å². The number of hydrogen-bond acceptors (Lipinski definition) is 4.